The number of halogens is 1. The van der Waals surface area contributed by atoms with E-state index in [0.29, 0.717) is 5.56 Å². The van der Waals surface area contributed by atoms with E-state index in [1.165, 1.54) is 18.2 Å². The average molecular weight is 291 g/mol. The zero-order chi connectivity index (χ0) is 15.4. The molecule has 1 N–H and O–H groups in total. The predicted molar refractivity (Wildman–Crippen MR) is 87.2 cm³/mol. The van der Waals surface area contributed by atoms with E-state index in [1.807, 2.05) is 30.3 Å². The molecule has 22 heavy (non-hydrogen) atoms. The molecule has 0 atom stereocenters. The Bertz CT molecular complexity index is 857. The molecule has 1 aromatic heterocycles. The van der Waals surface area contributed by atoms with Crippen LogP contribution in [0.4, 0.5) is 4.39 Å². The molecule has 0 radical (unpaired) electrons. The van der Waals surface area contributed by atoms with E-state index in [1.54, 1.807) is 30.5 Å². The number of benzene rings is 2. The Morgan fingerprint density at radius 1 is 1.00 bits per heavy atom. The van der Waals surface area contributed by atoms with Crippen LogP contribution in [0.15, 0.2) is 73.0 Å². The third kappa shape index (κ3) is 3.04. The average Bonchev–Trinajstić information content (AvgIpc) is 2.97. The zero-order valence-electron chi connectivity index (χ0n) is 11.8. The fourth-order valence-corrected chi connectivity index (χ4v) is 2.25. The number of hydrogen-bond donors (Lipinski definition) is 1. The van der Waals surface area contributed by atoms with Crippen LogP contribution >= 0.6 is 0 Å². The van der Waals surface area contributed by atoms with E-state index in [4.69, 9.17) is 0 Å². The summed E-state index contributed by atoms with van der Waals surface area (Å²) in [5.41, 5.74) is 2.48. The Kier molecular flexibility index (Phi) is 3.97. The van der Waals surface area contributed by atoms with Crippen molar-refractivity contribution in [1.29, 1.82) is 0 Å². The Hall–Kier alpha value is -2.94. The molecule has 0 saturated carbocycles. The van der Waals surface area contributed by atoms with Gasteiger partial charge >= 0.3 is 0 Å². The van der Waals surface area contributed by atoms with Crippen molar-refractivity contribution in [1.82, 2.24) is 4.98 Å². The number of hydrogen-bond acceptors (Lipinski definition) is 1. The number of ketones is 1. The van der Waals surface area contributed by atoms with Gasteiger partial charge in [0, 0.05) is 22.7 Å². The van der Waals surface area contributed by atoms with Crippen LogP contribution in [0.5, 0.6) is 0 Å². The van der Waals surface area contributed by atoms with Crippen LogP contribution in [0.3, 0.4) is 0 Å². The van der Waals surface area contributed by atoms with Crippen molar-refractivity contribution in [3.8, 4) is 0 Å². The van der Waals surface area contributed by atoms with Crippen LogP contribution in [-0.2, 0) is 0 Å². The summed E-state index contributed by atoms with van der Waals surface area (Å²) in [4.78, 5) is 15.3. The van der Waals surface area contributed by atoms with Gasteiger partial charge in [-0.15, -0.1) is 0 Å². The van der Waals surface area contributed by atoms with Gasteiger partial charge in [0.25, 0.3) is 0 Å². The molecule has 3 aromatic rings. The first kappa shape index (κ1) is 14.0. The van der Waals surface area contributed by atoms with Gasteiger partial charge in [0.15, 0.2) is 5.78 Å². The lowest BCUT2D eigenvalue weighted by atomic mass is 10.1. The van der Waals surface area contributed by atoms with E-state index in [-0.39, 0.29) is 11.6 Å². The Morgan fingerprint density at radius 2 is 1.77 bits per heavy atom. The zero-order valence-corrected chi connectivity index (χ0v) is 11.8. The highest BCUT2D eigenvalue weighted by Crippen LogP contribution is 2.18. The predicted octanol–water partition coefficient (Wildman–Crippen LogP) is 4.76. The van der Waals surface area contributed by atoms with Crippen molar-refractivity contribution >= 4 is 22.8 Å². The molecule has 3 rings (SSSR count). The molecule has 0 saturated heterocycles. The quantitative estimate of drug-likeness (QED) is 0.419. The number of aromatic amines is 1. The molecule has 0 bridgehead atoms. The summed E-state index contributed by atoms with van der Waals surface area (Å²) in [6.45, 7) is 0. The molecule has 0 aliphatic rings. The number of rotatable bonds is 4. The van der Waals surface area contributed by atoms with E-state index in [2.05, 4.69) is 4.98 Å². The highest BCUT2D eigenvalue weighted by molar-refractivity contribution is 6.13. The molecule has 3 heteroatoms. The molecule has 0 amide bonds. The fourth-order valence-electron chi connectivity index (χ4n) is 2.25. The summed E-state index contributed by atoms with van der Waals surface area (Å²) in [6, 6.07) is 13.9. The monoisotopic (exact) mass is 291 g/mol. The second kappa shape index (κ2) is 6.22. The first-order valence-corrected chi connectivity index (χ1v) is 6.95. The lowest BCUT2D eigenvalue weighted by Crippen LogP contribution is -1.91. The van der Waals surface area contributed by atoms with E-state index in [0.717, 1.165) is 16.5 Å². The minimum absolute atomic E-state index is 0.0544. The number of aromatic nitrogens is 1. The molecule has 0 spiro atoms. The topological polar surface area (TPSA) is 32.9 Å². The molecule has 2 aromatic carbocycles. The standard InChI is InChI=1S/C19H14FNO/c20-15-11-9-14(10-12-15)5-1-4-8-19(22)17-13-21-18-7-3-2-6-16(17)18/h1-13,21H/b5-1+,8-4+. The van der Waals surface area contributed by atoms with Gasteiger partial charge in [-0.05, 0) is 29.8 Å². The molecule has 0 unspecified atom stereocenters. The molecule has 2 nitrogen and oxygen atoms in total. The van der Waals surface area contributed by atoms with Gasteiger partial charge in [0.1, 0.15) is 5.82 Å². The maximum Gasteiger partial charge on any atom is 0.187 e. The molecular formula is C19H14FNO. The summed E-state index contributed by atoms with van der Waals surface area (Å²) < 4.78 is 12.8. The summed E-state index contributed by atoms with van der Waals surface area (Å²) in [6.07, 6.45) is 8.52. The van der Waals surface area contributed by atoms with Gasteiger partial charge in [-0.25, -0.2) is 4.39 Å². The van der Waals surface area contributed by atoms with Gasteiger partial charge in [-0.1, -0.05) is 48.6 Å². The van der Waals surface area contributed by atoms with E-state index in [9.17, 15) is 9.18 Å². The van der Waals surface area contributed by atoms with Gasteiger partial charge in [-0.2, -0.15) is 0 Å². The molecule has 108 valence electrons. The maximum absolute atomic E-state index is 12.8. The number of allylic oxidation sites excluding steroid dienone is 3. The smallest absolute Gasteiger partial charge is 0.187 e. The van der Waals surface area contributed by atoms with Gasteiger partial charge < -0.3 is 4.98 Å². The first-order valence-electron chi connectivity index (χ1n) is 6.95. The largest absolute Gasteiger partial charge is 0.360 e. The summed E-state index contributed by atoms with van der Waals surface area (Å²) >= 11 is 0. The van der Waals surface area contributed by atoms with Crippen LogP contribution in [0, 0.1) is 5.82 Å². The van der Waals surface area contributed by atoms with Crippen LogP contribution in [0.1, 0.15) is 15.9 Å². The van der Waals surface area contributed by atoms with Crippen molar-refractivity contribution in [2.75, 3.05) is 0 Å². The third-order valence-electron chi connectivity index (χ3n) is 3.37. The van der Waals surface area contributed by atoms with Crippen molar-refractivity contribution < 1.29 is 9.18 Å². The number of fused-ring (bicyclic) bond motifs is 1. The Labute approximate surface area is 127 Å². The Balaban J connectivity index is 1.72. The SMILES string of the molecule is O=C(/C=C/C=C/c1ccc(F)cc1)c1c[nH]c2ccccc12. The molecule has 0 aliphatic heterocycles. The number of H-pyrrole nitrogens is 1. The van der Waals surface area contributed by atoms with Crippen molar-refractivity contribution in [2.24, 2.45) is 0 Å². The maximum atomic E-state index is 12.8. The van der Waals surface area contributed by atoms with Gasteiger partial charge in [-0.3, -0.25) is 4.79 Å². The van der Waals surface area contributed by atoms with Gasteiger partial charge in [0.2, 0.25) is 0 Å². The van der Waals surface area contributed by atoms with Gasteiger partial charge in [0.05, 0.1) is 0 Å². The molecule has 1 heterocycles. The number of carbonyl (C=O) groups excluding carboxylic acids is 1. The first-order chi connectivity index (χ1) is 10.7. The minimum atomic E-state index is -0.262. The third-order valence-corrected chi connectivity index (χ3v) is 3.37. The lowest BCUT2D eigenvalue weighted by Gasteiger charge is -1.93. The Morgan fingerprint density at radius 3 is 2.59 bits per heavy atom. The summed E-state index contributed by atoms with van der Waals surface area (Å²) in [7, 11) is 0. The van der Waals surface area contributed by atoms with Crippen molar-refractivity contribution in [2.45, 2.75) is 0 Å². The summed E-state index contributed by atoms with van der Waals surface area (Å²) in [5, 5.41) is 0.916. The number of carbonyl (C=O) groups is 1. The van der Waals surface area contributed by atoms with E-state index < -0.39 is 0 Å². The molecular weight excluding hydrogens is 277 g/mol. The second-order valence-electron chi connectivity index (χ2n) is 4.88. The number of nitrogens with one attached hydrogen (secondary N) is 1. The normalized spacial score (nSPS) is 11.7. The fraction of sp³-hybridized carbons (Fsp3) is 0. The highest BCUT2D eigenvalue weighted by Gasteiger charge is 2.07. The van der Waals surface area contributed by atoms with Crippen molar-refractivity contribution in [3.63, 3.8) is 0 Å². The second-order valence-corrected chi connectivity index (χ2v) is 4.88. The van der Waals surface area contributed by atoms with Crippen molar-refractivity contribution in [3.05, 3.63) is 89.9 Å². The summed E-state index contributed by atoms with van der Waals surface area (Å²) in [5.74, 6) is -0.316. The lowest BCUT2D eigenvalue weighted by molar-refractivity contribution is 0.104. The molecule has 0 aliphatic carbocycles. The van der Waals surface area contributed by atoms with Crippen LogP contribution in [0.25, 0.3) is 17.0 Å². The van der Waals surface area contributed by atoms with Crippen LogP contribution < -0.4 is 0 Å². The number of para-hydroxylation sites is 1. The molecule has 0 fully saturated rings. The van der Waals surface area contributed by atoms with Crippen LogP contribution in [0.2, 0.25) is 0 Å². The van der Waals surface area contributed by atoms with Crippen LogP contribution in [-0.4, -0.2) is 10.8 Å². The highest BCUT2D eigenvalue weighted by atomic mass is 19.1. The van der Waals surface area contributed by atoms with E-state index >= 15 is 0 Å². The minimum Gasteiger partial charge on any atom is -0.360 e.